The van der Waals surface area contributed by atoms with Gasteiger partial charge in [0, 0.05) is 13.0 Å². The predicted octanol–water partition coefficient (Wildman–Crippen LogP) is 3.51. The van der Waals surface area contributed by atoms with Crippen LogP contribution >= 0.6 is 0 Å². The Hall–Kier alpha value is -3.13. The first-order valence-electron chi connectivity index (χ1n) is 10.3. The predicted molar refractivity (Wildman–Crippen MR) is 119 cm³/mol. The molecule has 0 saturated carbocycles. The Morgan fingerprint density at radius 3 is 2.48 bits per heavy atom. The maximum Gasteiger partial charge on any atom is 0.286 e. The molecule has 2 aliphatic heterocycles. The van der Waals surface area contributed by atoms with Crippen LogP contribution in [0.25, 0.3) is 0 Å². The molecule has 0 radical (unpaired) electrons. The highest BCUT2D eigenvalue weighted by Gasteiger charge is 2.43. The van der Waals surface area contributed by atoms with Crippen LogP contribution in [0.5, 0.6) is 0 Å². The van der Waals surface area contributed by atoms with Crippen LogP contribution in [0.3, 0.4) is 0 Å². The van der Waals surface area contributed by atoms with Crippen LogP contribution in [0, 0.1) is 5.92 Å². The largest absolute Gasteiger partial charge is 0.509 e. The molecule has 2 aliphatic rings. The molecule has 1 atom stereocenters. The highest BCUT2D eigenvalue weighted by atomic mass is 32.2. The lowest BCUT2D eigenvalue weighted by molar-refractivity contribution is -0.126. The van der Waals surface area contributed by atoms with Gasteiger partial charge in [0.1, 0.15) is 16.2 Å². The number of hydrogen-bond acceptors (Lipinski definition) is 5. The number of aliphatic hydroxyl groups is 1. The van der Waals surface area contributed by atoms with Crippen molar-refractivity contribution >= 4 is 27.5 Å². The average molecular weight is 440 g/mol. The molecule has 0 unspecified atom stereocenters. The van der Waals surface area contributed by atoms with Crippen LogP contribution in [0.4, 0.5) is 5.69 Å². The molecule has 8 heteroatoms. The third-order valence-corrected chi connectivity index (χ3v) is 6.84. The summed E-state index contributed by atoms with van der Waals surface area (Å²) in [5.41, 5.74) is 1.22. The van der Waals surface area contributed by atoms with Crippen molar-refractivity contribution in [2.75, 3.05) is 11.9 Å². The third kappa shape index (κ3) is 4.07. The molecule has 4 rings (SSSR count). The number of aliphatic hydroxyl groups excluding tert-OH is 1. The topological polar surface area (TPSA) is 99.1 Å². The number of anilines is 1. The highest BCUT2D eigenvalue weighted by Crippen LogP contribution is 2.33. The molecule has 0 bridgehead atoms. The Morgan fingerprint density at radius 1 is 1.10 bits per heavy atom. The molecule has 7 nitrogen and oxygen atoms in total. The lowest BCUT2D eigenvalue weighted by atomic mass is 10.0. The minimum atomic E-state index is -3.99. The number of amidine groups is 1. The zero-order valence-electron chi connectivity index (χ0n) is 17.4. The smallest absolute Gasteiger partial charge is 0.286 e. The normalized spacial score (nSPS) is 20.0. The second kappa shape index (κ2) is 8.19. The molecule has 2 N–H and O–H groups in total. The minimum absolute atomic E-state index is 0.0433. The molecular formula is C23H25N3O4S. The van der Waals surface area contributed by atoms with E-state index in [2.05, 4.69) is 23.6 Å². The van der Waals surface area contributed by atoms with Crippen molar-refractivity contribution in [3.63, 3.8) is 0 Å². The second-order valence-corrected chi connectivity index (χ2v) is 9.76. The molecule has 0 saturated heterocycles. The molecule has 162 valence electrons. The van der Waals surface area contributed by atoms with Gasteiger partial charge in [-0.25, -0.2) is 0 Å². The van der Waals surface area contributed by atoms with Crippen LogP contribution in [-0.2, 0) is 21.2 Å². The molecular weight excluding hydrogens is 414 g/mol. The summed E-state index contributed by atoms with van der Waals surface area (Å²) in [7, 11) is -3.99. The Kier molecular flexibility index (Phi) is 5.58. The minimum Gasteiger partial charge on any atom is -0.509 e. The Balaban J connectivity index is 1.74. The number of carbonyl (C=O) groups is 1. The first-order valence-corrected chi connectivity index (χ1v) is 11.7. The van der Waals surface area contributed by atoms with Crippen molar-refractivity contribution in [3.05, 3.63) is 71.5 Å². The van der Waals surface area contributed by atoms with E-state index in [1.807, 2.05) is 30.3 Å². The van der Waals surface area contributed by atoms with Gasteiger partial charge >= 0.3 is 0 Å². The van der Waals surface area contributed by atoms with Gasteiger partial charge in [0.25, 0.3) is 15.9 Å². The third-order valence-electron chi connectivity index (χ3n) is 5.51. The van der Waals surface area contributed by atoms with Crippen molar-refractivity contribution in [1.29, 1.82) is 0 Å². The molecule has 0 aromatic heterocycles. The van der Waals surface area contributed by atoms with Crippen molar-refractivity contribution in [1.82, 2.24) is 4.90 Å². The fourth-order valence-corrected chi connectivity index (χ4v) is 4.98. The number of hydrogen-bond donors (Lipinski definition) is 2. The van der Waals surface area contributed by atoms with Crippen molar-refractivity contribution in [2.24, 2.45) is 10.3 Å². The van der Waals surface area contributed by atoms with E-state index in [0.717, 1.165) is 12.0 Å². The SMILES string of the molecule is CC(C)CCN1C(=O)C(C2=NS(=O)(=O)c3ccccc3N2)=C(O)[C@@H]1Cc1ccccc1. The standard InChI is InChI=1S/C23H25N3O4S/c1-15(2)12-13-26-18(14-16-8-4-3-5-9-16)21(27)20(23(26)28)22-24-17-10-6-7-11-19(17)31(29,30)25-22/h3-11,15,18,27H,12-14H2,1-2H3,(H,24,25)/t18-/m0/s1. The van der Waals surface area contributed by atoms with Crippen LogP contribution in [0.1, 0.15) is 25.8 Å². The monoisotopic (exact) mass is 439 g/mol. The molecule has 2 aromatic rings. The summed E-state index contributed by atoms with van der Waals surface area (Å²) in [4.78, 5) is 15.0. The fraction of sp³-hybridized carbons (Fsp3) is 0.304. The van der Waals surface area contributed by atoms with Crippen molar-refractivity contribution < 1.29 is 18.3 Å². The van der Waals surface area contributed by atoms with E-state index >= 15 is 0 Å². The Labute approximate surface area is 182 Å². The van der Waals surface area contributed by atoms with Gasteiger partial charge in [-0.15, -0.1) is 4.40 Å². The van der Waals surface area contributed by atoms with Crippen molar-refractivity contribution in [3.8, 4) is 0 Å². The molecule has 1 amide bonds. The Morgan fingerprint density at radius 2 is 1.77 bits per heavy atom. The lowest BCUT2D eigenvalue weighted by Crippen LogP contribution is -2.39. The summed E-state index contributed by atoms with van der Waals surface area (Å²) < 4.78 is 29.2. The van der Waals surface area contributed by atoms with Gasteiger partial charge in [-0.1, -0.05) is 56.3 Å². The van der Waals surface area contributed by atoms with Crippen LogP contribution in [0.2, 0.25) is 0 Å². The van der Waals surface area contributed by atoms with Crippen LogP contribution < -0.4 is 5.32 Å². The molecule has 0 spiro atoms. The molecule has 2 heterocycles. The molecule has 0 aliphatic carbocycles. The molecule has 2 aromatic carbocycles. The maximum absolute atomic E-state index is 13.3. The van der Waals surface area contributed by atoms with Crippen LogP contribution in [-0.4, -0.2) is 42.8 Å². The number of benzene rings is 2. The number of nitrogens with zero attached hydrogens (tertiary/aromatic N) is 2. The Bertz CT molecular complexity index is 1170. The van der Waals surface area contributed by atoms with Crippen LogP contribution in [0.15, 0.2) is 75.2 Å². The summed E-state index contributed by atoms with van der Waals surface area (Å²) in [6, 6.07) is 15.4. The summed E-state index contributed by atoms with van der Waals surface area (Å²) in [6.45, 7) is 4.59. The van der Waals surface area contributed by atoms with Gasteiger partial charge in [-0.3, -0.25) is 4.79 Å². The van der Waals surface area contributed by atoms with E-state index in [9.17, 15) is 18.3 Å². The van der Waals surface area contributed by atoms with E-state index in [1.165, 1.54) is 6.07 Å². The zero-order valence-corrected chi connectivity index (χ0v) is 18.3. The van der Waals surface area contributed by atoms with Gasteiger partial charge in [-0.2, -0.15) is 8.42 Å². The highest BCUT2D eigenvalue weighted by molar-refractivity contribution is 7.90. The number of rotatable bonds is 6. The van der Waals surface area contributed by atoms with E-state index in [0.29, 0.717) is 24.6 Å². The summed E-state index contributed by atoms with van der Waals surface area (Å²) in [5, 5.41) is 14.0. The quantitative estimate of drug-likeness (QED) is 0.718. The van der Waals surface area contributed by atoms with Gasteiger partial charge in [0.05, 0.1) is 11.7 Å². The first kappa shape index (κ1) is 21.1. The summed E-state index contributed by atoms with van der Waals surface area (Å²) in [6.07, 6.45) is 1.19. The van der Waals surface area contributed by atoms with Crippen molar-refractivity contribution in [2.45, 2.75) is 37.6 Å². The average Bonchev–Trinajstić information content (AvgIpc) is 2.96. The maximum atomic E-state index is 13.3. The molecule has 31 heavy (non-hydrogen) atoms. The lowest BCUT2D eigenvalue weighted by Gasteiger charge is -2.26. The van der Waals surface area contributed by atoms with Gasteiger partial charge < -0.3 is 15.3 Å². The number of para-hydroxylation sites is 1. The number of nitrogens with one attached hydrogen (secondary N) is 1. The first-order chi connectivity index (χ1) is 14.8. The number of amides is 1. The second-order valence-electron chi connectivity index (χ2n) is 8.18. The zero-order chi connectivity index (χ0) is 22.2. The summed E-state index contributed by atoms with van der Waals surface area (Å²) in [5.74, 6) is -0.335. The van der Waals surface area contributed by atoms with Gasteiger partial charge in [0.2, 0.25) is 0 Å². The van der Waals surface area contributed by atoms with E-state index in [4.69, 9.17) is 0 Å². The number of carbonyl (C=O) groups excluding carboxylic acids is 1. The van der Waals surface area contributed by atoms with E-state index in [1.54, 1.807) is 23.1 Å². The number of fused-ring (bicyclic) bond motifs is 1. The van der Waals surface area contributed by atoms with E-state index in [-0.39, 0.29) is 22.1 Å². The number of sulfonamides is 1. The fourth-order valence-electron chi connectivity index (χ4n) is 3.85. The van der Waals surface area contributed by atoms with Gasteiger partial charge in [0.15, 0.2) is 5.84 Å². The van der Waals surface area contributed by atoms with Gasteiger partial charge in [-0.05, 0) is 30.0 Å². The molecule has 0 fully saturated rings. The van der Waals surface area contributed by atoms with E-state index < -0.39 is 22.0 Å². The summed E-state index contributed by atoms with van der Waals surface area (Å²) >= 11 is 0.